The third kappa shape index (κ3) is 3.33. The molecule has 2 fully saturated rings. The van der Waals surface area contributed by atoms with Gasteiger partial charge in [0.05, 0.1) is 6.04 Å². The second kappa shape index (κ2) is 6.80. The van der Waals surface area contributed by atoms with Crippen molar-refractivity contribution in [2.45, 2.75) is 44.8 Å². The van der Waals surface area contributed by atoms with E-state index in [1.807, 2.05) is 4.90 Å². The first-order valence-corrected chi connectivity index (χ1v) is 8.47. The smallest absolute Gasteiger partial charge is 0.239 e. The molecule has 120 valence electrons. The second-order valence-electron chi connectivity index (χ2n) is 6.79. The Balaban J connectivity index is 1.64. The number of carbonyl (C=O) groups is 1. The molecule has 1 amide bonds. The Bertz CT molecular complexity index is 502. The van der Waals surface area contributed by atoms with Crippen LogP contribution in [-0.2, 0) is 11.3 Å². The fourth-order valence-corrected chi connectivity index (χ4v) is 4.01. The van der Waals surface area contributed by atoms with Crippen molar-refractivity contribution in [2.75, 3.05) is 19.6 Å². The maximum atomic E-state index is 12.1. The lowest BCUT2D eigenvalue weighted by atomic mass is 9.83. The zero-order chi connectivity index (χ0) is 15.5. The van der Waals surface area contributed by atoms with Crippen LogP contribution in [0.2, 0.25) is 0 Å². The Kier molecular flexibility index (Phi) is 4.79. The highest BCUT2D eigenvalue weighted by atomic mass is 16.2. The molecular weight excluding hydrogens is 274 g/mol. The summed E-state index contributed by atoms with van der Waals surface area (Å²) in [6, 6.07) is 10.9. The van der Waals surface area contributed by atoms with Crippen LogP contribution in [0.4, 0.5) is 0 Å². The number of carbonyl (C=O) groups excluding carboxylic acids is 1. The third-order valence-electron chi connectivity index (χ3n) is 5.11. The van der Waals surface area contributed by atoms with E-state index in [1.54, 1.807) is 6.92 Å². The summed E-state index contributed by atoms with van der Waals surface area (Å²) in [7, 11) is 0. The first-order valence-electron chi connectivity index (χ1n) is 8.47. The predicted molar refractivity (Wildman–Crippen MR) is 88.2 cm³/mol. The highest BCUT2D eigenvalue weighted by Gasteiger charge is 2.37. The molecule has 0 aliphatic carbocycles. The monoisotopic (exact) mass is 301 g/mol. The molecule has 3 atom stereocenters. The van der Waals surface area contributed by atoms with Crippen molar-refractivity contribution in [3.8, 4) is 0 Å². The minimum Gasteiger partial charge on any atom is -0.341 e. The lowest BCUT2D eigenvalue weighted by molar-refractivity contribution is -0.136. The Morgan fingerprint density at radius 2 is 2.05 bits per heavy atom. The number of fused-ring (bicyclic) bond motifs is 1. The fraction of sp³-hybridized carbons (Fsp3) is 0.611. The zero-order valence-corrected chi connectivity index (χ0v) is 13.4. The first-order chi connectivity index (χ1) is 10.6. The average Bonchev–Trinajstić information content (AvgIpc) is 2.55. The summed E-state index contributed by atoms with van der Waals surface area (Å²) in [5.41, 5.74) is 7.15. The van der Waals surface area contributed by atoms with E-state index in [1.165, 1.54) is 24.9 Å². The van der Waals surface area contributed by atoms with Gasteiger partial charge in [-0.1, -0.05) is 30.3 Å². The average molecular weight is 301 g/mol. The number of nitrogens with zero attached hydrogens (tertiary/aromatic N) is 2. The summed E-state index contributed by atoms with van der Waals surface area (Å²) in [6.07, 6.45) is 3.54. The van der Waals surface area contributed by atoms with E-state index >= 15 is 0 Å². The van der Waals surface area contributed by atoms with Crippen LogP contribution in [-0.4, -0.2) is 47.4 Å². The lowest BCUT2D eigenvalue weighted by Crippen LogP contribution is -2.56. The van der Waals surface area contributed by atoms with Gasteiger partial charge in [-0.25, -0.2) is 0 Å². The Labute approximate surface area is 133 Å². The molecule has 1 aromatic carbocycles. The zero-order valence-electron chi connectivity index (χ0n) is 13.4. The van der Waals surface area contributed by atoms with Gasteiger partial charge in [-0.2, -0.15) is 0 Å². The molecule has 2 saturated heterocycles. The summed E-state index contributed by atoms with van der Waals surface area (Å²) >= 11 is 0. The molecule has 0 saturated carbocycles. The normalized spacial score (nSPS) is 27.3. The molecule has 0 unspecified atom stereocenters. The molecule has 0 spiro atoms. The predicted octanol–water partition coefficient (Wildman–Crippen LogP) is 1.85. The van der Waals surface area contributed by atoms with Crippen LogP contribution in [0.15, 0.2) is 30.3 Å². The van der Waals surface area contributed by atoms with Crippen LogP contribution in [0.3, 0.4) is 0 Å². The van der Waals surface area contributed by atoms with Gasteiger partial charge < -0.3 is 10.6 Å². The van der Waals surface area contributed by atoms with E-state index in [4.69, 9.17) is 5.73 Å². The third-order valence-corrected chi connectivity index (χ3v) is 5.11. The van der Waals surface area contributed by atoms with Crippen molar-refractivity contribution in [1.82, 2.24) is 9.80 Å². The lowest BCUT2D eigenvalue weighted by Gasteiger charge is -2.47. The molecule has 0 bridgehead atoms. The van der Waals surface area contributed by atoms with Gasteiger partial charge in [0, 0.05) is 25.7 Å². The highest BCUT2D eigenvalue weighted by Crippen LogP contribution is 2.31. The van der Waals surface area contributed by atoms with Crippen molar-refractivity contribution in [3.05, 3.63) is 35.9 Å². The van der Waals surface area contributed by atoms with Crippen LogP contribution in [0, 0.1) is 5.92 Å². The Morgan fingerprint density at radius 3 is 2.77 bits per heavy atom. The number of hydrogen-bond acceptors (Lipinski definition) is 3. The standard InChI is InChI=1S/C18H27N3O/c1-14(19)18(22)21-11-9-17-16(13-21)8-5-10-20(17)12-15-6-3-2-4-7-15/h2-4,6-7,14,16-17H,5,8-13,19H2,1H3/t14-,16+,17-/m0/s1. The molecular formula is C18H27N3O. The number of nitrogens with two attached hydrogens (primary N) is 1. The van der Waals surface area contributed by atoms with Gasteiger partial charge in [0.1, 0.15) is 0 Å². The number of rotatable bonds is 3. The van der Waals surface area contributed by atoms with E-state index in [2.05, 4.69) is 35.2 Å². The largest absolute Gasteiger partial charge is 0.341 e. The molecule has 4 heteroatoms. The number of amides is 1. The van der Waals surface area contributed by atoms with E-state index in [0.717, 1.165) is 26.1 Å². The summed E-state index contributed by atoms with van der Waals surface area (Å²) in [4.78, 5) is 16.7. The maximum Gasteiger partial charge on any atom is 0.239 e. The van der Waals surface area contributed by atoms with E-state index < -0.39 is 0 Å². The molecule has 4 nitrogen and oxygen atoms in total. The fourth-order valence-electron chi connectivity index (χ4n) is 4.01. The molecule has 2 aliphatic rings. The topological polar surface area (TPSA) is 49.6 Å². The quantitative estimate of drug-likeness (QED) is 0.927. The molecule has 0 aromatic heterocycles. The van der Waals surface area contributed by atoms with Crippen LogP contribution in [0.5, 0.6) is 0 Å². The van der Waals surface area contributed by atoms with Crippen LogP contribution < -0.4 is 5.73 Å². The molecule has 22 heavy (non-hydrogen) atoms. The second-order valence-corrected chi connectivity index (χ2v) is 6.79. The van der Waals surface area contributed by atoms with Gasteiger partial charge in [-0.05, 0) is 44.2 Å². The van der Waals surface area contributed by atoms with Crippen LogP contribution in [0.25, 0.3) is 0 Å². The highest BCUT2D eigenvalue weighted by molar-refractivity contribution is 5.81. The van der Waals surface area contributed by atoms with E-state index in [-0.39, 0.29) is 11.9 Å². The van der Waals surface area contributed by atoms with Gasteiger partial charge in [-0.3, -0.25) is 9.69 Å². The van der Waals surface area contributed by atoms with Crippen molar-refractivity contribution in [2.24, 2.45) is 11.7 Å². The SMILES string of the molecule is C[C@H](N)C(=O)N1CC[C@H]2[C@H](CCCN2Cc2ccccc2)C1. The number of likely N-dealkylation sites (tertiary alicyclic amines) is 2. The van der Waals surface area contributed by atoms with Gasteiger partial charge >= 0.3 is 0 Å². The van der Waals surface area contributed by atoms with Crippen LogP contribution in [0.1, 0.15) is 31.7 Å². The number of benzene rings is 1. The Morgan fingerprint density at radius 1 is 1.27 bits per heavy atom. The van der Waals surface area contributed by atoms with Crippen molar-refractivity contribution in [1.29, 1.82) is 0 Å². The Hall–Kier alpha value is -1.39. The van der Waals surface area contributed by atoms with Crippen molar-refractivity contribution < 1.29 is 4.79 Å². The molecule has 0 radical (unpaired) electrons. The molecule has 2 heterocycles. The number of hydrogen-bond donors (Lipinski definition) is 1. The van der Waals surface area contributed by atoms with E-state index in [0.29, 0.717) is 12.0 Å². The first kappa shape index (κ1) is 15.5. The van der Waals surface area contributed by atoms with Crippen LogP contribution >= 0.6 is 0 Å². The van der Waals surface area contributed by atoms with Crippen molar-refractivity contribution in [3.63, 3.8) is 0 Å². The van der Waals surface area contributed by atoms with Gasteiger partial charge in [-0.15, -0.1) is 0 Å². The number of piperidine rings is 2. The summed E-state index contributed by atoms with van der Waals surface area (Å²) < 4.78 is 0. The molecule has 3 rings (SSSR count). The van der Waals surface area contributed by atoms with Gasteiger partial charge in [0.2, 0.25) is 5.91 Å². The molecule has 2 aliphatic heterocycles. The summed E-state index contributed by atoms with van der Waals surface area (Å²) in [5, 5.41) is 0. The molecule has 2 N–H and O–H groups in total. The summed E-state index contributed by atoms with van der Waals surface area (Å²) in [6.45, 7) is 5.74. The minimum absolute atomic E-state index is 0.110. The van der Waals surface area contributed by atoms with Gasteiger partial charge in [0.15, 0.2) is 0 Å². The van der Waals surface area contributed by atoms with E-state index in [9.17, 15) is 4.79 Å². The van der Waals surface area contributed by atoms with Crippen molar-refractivity contribution >= 4 is 5.91 Å². The summed E-state index contributed by atoms with van der Waals surface area (Å²) in [5.74, 6) is 0.715. The minimum atomic E-state index is -0.374. The maximum absolute atomic E-state index is 12.1. The molecule has 1 aromatic rings. The van der Waals surface area contributed by atoms with Gasteiger partial charge in [0.25, 0.3) is 0 Å².